The van der Waals surface area contributed by atoms with Gasteiger partial charge in [-0.15, -0.1) is 0 Å². The molecule has 0 aliphatic heterocycles. The molecule has 0 saturated heterocycles. The molecule has 4 nitrogen and oxygen atoms in total. The van der Waals surface area contributed by atoms with Gasteiger partial charge in [0, 0.05) is 6.42 Å². The van der Waals surface area contributed by atoms with Gasteiger partial charge in [-0.1, -0.05) is 32.1 Å². The second kappa shape index (κ2) is 8.25. The first-order valence-electron chi connectivity index (χ1n) is 7.13. The summed E-state index contributed by atoms with van der Waals surface area (Å²) in [6.45, 7) is 2.08. The average Bonchev–Trinajstić information content (AvgIpc) is 2.36. The Morgan fingerprint density at radius 3 is 2.50 bits per heavy atom. The first-order valence-corrected chi connectivity index (χ1v) is 7.13. The highest BCUT2D eigenvalue weighted by Crippen LogP contribution is 2.27. The summed E-state index contributed by atoms with van der Waals surface area (Å²) in [5.74, 6) is 0.626. The van der Waals surface area contributed by atoms with Gasteiger partial charge >= 0.3 is 0 Å². The van der Waals surface area contributed by atoms with E-state index in [4.69, 9.17) is 5.73 Å². The molecule has 1 aliphatic carbocycles. The summed E-state index contributed by atoms with van der Waals surface area (Å²) in [4.78, 5) is 23.2. The highest BCUT2D eigenvalue weighted by molar-refractivity contribution is 5.87. The molecule has 1 fully saturated rings. The first kappa shape index (κ1) is 15.2. The summed E-state index contributed by atoms with van der Waals surface area (Å²) >= 11 is 0. The minimum atomic E-state index is -0.293. The van der Waals surface area contributed by atoms with Gasteiger partial charge in [-0.3, -0.25) is 9.59 Å². The topological polar surface area (TPSA) is 72.2 Å². The summed E-state index contributed by atoms with van der Waals surface area (Å²) in [5.41, 5.74) is 5.37. The highest BCUT2D eigenvalue weighted by Gasteiger charge is 2.23. The van der Waals surface area contributed by atoms with Crippen LogP contribution in [0.5, 0.6) is 0 Å². The van der Waals surface area contributed by atoms with E-state index in [0.29, 0.717) is 25.3 Å². The molecule has 0 unspecified atom stereocenters. The number of hydrogen-bond acceptors (Lipinski definition) is 3. The van der Waals surface area contributed by atoms with Crippen LogP contribution in [0.4, 0.5) is 0 Å². The third-order valence-electron chi connectivity index (χ3n) is 3.73. The lowest BCUT2D eigenvalue weighted by molar-refractivity contribution is -0.127. The molecular formula is C14H26N2O2. The maximum atomic E-state index is 11.6. The van der Waals surface area contributed by atoms with Gasteiger partial charge in [-0.25, -0.2) is 0 Å². The zero-order valence-corrected chi connectivity index (χ0v) is 11.4. The van der Waals surface area contributed by atoms with Crippen molar-refractivity contribution in [2.75, 3.05) is 6.54 Å². The van der Waals surface area contributed by atoms with Crippen LogP contribution in [0.1, 0.15) is 58.3 Å². The van der Waals surface area contributed by atoms with Crippen LogP contribution < -0.4 is 11.1 Å². The largest absolute Gasteiger partial charge is 0.346 e. The molecule has 0 spiro atoms. The van der Waals surface area contributed by atoms with Gasteiger partial charge in [-0.2, -0.15) is 0 Å². The van der Waals surface area contributed by atoms with Crippen molar-refractivity contribution in [3.63, 3.8) is 0 Å². The van der Waals surface area contributed by atoms with Gasteiger partial charge in [0.15, 0.2) is 5.78 Å². The van der Waals surface area contributed by atoms with Crippen LogP contribution in [0.15, 0.2) is 0 Å². The first-order chi connectivity index (χ1) is 8.63. The van der Waals surface area contributed by atoms with Crippen LogP contribution in [0, 0.1) is 5.92 Å². The fraction of sp³-hybridized carbons (Fsp3) is 0.857. The van der Waals surface area contributed by atoms with Crippen molar-refractivity contribution in [3.05, 3.63) is 0 Å². The molecule has 1 rings (SSSR count). The molecule has 1 amide bonds. The van der Waals surface area contributed by atoms with E-state index >= 15 is 0 Å². The Morgan fingerprint density at radius 1 is 1.28 bits per heavy atom. The maximum Gasteiger partial charge on any atom is 0.220 e. The van der Waals surface area contributed by atoms with Crippen LogP contribution in [0.2, 0.25) is 0 Å². The fourth-order valence-corrected chi connectivity index (χ4v) is 2.61. The number of nitrogens with two attached hydrogens (primary N) is 1. The van der Waals surface area contributed by atoms with Crippen molar-refractivity contribution >= 4 is 11.7 Å². The van der Waals surface area contributed by atoms with Crippen LogP contribution in [-0.4, -0.2) is 24.3 Å². The minimum absolute atomic E-state index is 0.0449. The Bertz CT molecular complexity index is 273. The quantitative estimate of drug-likeness (QED) is 0.727. The Labute approximate surface area is 110 Å². The Kier molecular flexibility index (Phi) is 6.94. The van der Waals surface area contributed by atoms with Gasteiger partial charge in [-0.05, 0) is 32.2 Å². The molecule has 1 saturated carbocycles. The molecular weight excluding hydrogens is 228 g/mol. The van der Waals surface area contributed by atoms with E-state index in [1.807, 2.05) is 0 Å². The summed E-state index contributed by atoms with van der Waals surface area (Å²) in [7, 11) is 0. The van der Waals surface area contributed by atoms with Gasteiger partial charge in [0.25, 0.3) is 0 Å². The monoisotopic (exact) mass is 254 g/mol. The van der Waals surface area contributed by atoms with Crippen molar-refractivity contribution in [3.8, 4) is 0 Å². The van der Waals surface area contributed by atoms with E-state index in [1.54, 1.807) is 6.92 Å². The number of carbonyl (C=O) groups is 2. The number of amides is 1. The van der Waals surface area contributed by atoms with E-state index in [-0.39, 0.29) is 17.7 Å². The molecule has 3 N–H and O–H groups in total. The van der Waals surface area contributed by atoms with Crippen LogP contribution >= 0.6 is 0 Å². The predicted octanol–water partition coefficient (Wildman–Crippen LogP) is 1.77. The zero-order valence-electron chi connectivity index (χ0n) is 11.4. The lowest BCUT2D eigenvalue weighted by atomic mass is 9.84. The van der Waals surface area contributed by atoms with Crippen molar-refractivity contribution in [1.82, 2.24) is 5.32 Å². The van der Waals surface area contributed by atoms with Crippen LogP contribution in [0.3, 0.4) is 0 Å². The van der Waals surface area contributed by atoms with Crippen LogP contribution in [-0.2, 0) is 9.59 Å². The Balaban J connectivity index is 2.38. The van der Waals surface area contributed by atoms with Crippen molar-refractivity contribution < 1.29 is 9.59 Å². The number of Topliss-reactive ketones (excluding diaryl/α,β-unsaturated/α-hetero) is 1. The van der Waals surface area contributed by atoms with Gasteiger partial charge in [0.1, 0.15) is 0 Å². The molecule has 0 radical (unpaired) electrons. The lowest BCUT2D eigenvalue weighted by Crippen LogP contribution is -2.41. The summed E-state index contributed by atoms with van der Waals surface area (Å²) in [6, 6.07) is -0.293. The molecule has 104 valence electrons. The van der Waals surface area contributed by atoms with E-state index in [2.05, 4.69) is 5.32 Å². The molecule has 0 aromatic rings. The average molecular weight is 254 g/mol. The number of ketones is 1. The molecule has 1 atom stereocenters. The smallest absolute Gasteiger partial charge is 0.220 e. The van der Waals surface area contributed by atoms with E-state index in [0.717, 1.165) is 6.42 Å². The van der Waals surface area contributed by atoms with Gasteiger partial charge in [0.05, 0.1) is 6.04 Å². The van der Waals surface area contributed by atoms with Gasteiger partial charge < -0.3 is 11.1 Å². The molecule has 0 aromatic carbocycles. The highest BCUT2D eigenvalue weighted by atomic mass is 16.2. The Morgan fingerprint density at radius 2 is 1.94 bits per heavy atom. The molecule has 18 heavy (non-hydrogen) atoms. The summed E-state index contributed by atoms with van der Waals surface area (Å²) in [5, 5.41) is 2.85. The molecule has 4 heteroatoms. The molecule has 0 aromatic heterocycles. The minimum Gasteiger partial charge on any atom is -0.346 e. The fourth-order valence-electron chi connectivity index (χ4n) is 2.61. The lowest BCUT2D eigenvalue weighted by Gasteiger charge is -2.25. The van der Waals surface area contributed by atoms with Gasteiger partial charge in [0.2, 0.25) is 5.91 Å². The van der Waals surface area contributed by atoms with Crippen molar-refractivity contribution in [1.29, 1.82) is 0 Å². The third kappa shape index (κ3) is 5.63. The van der Waals surface area contributed by atoms with Crippen molar-refractivity contribution in [2.45, 2.75) is 64.3 Å². The maximum absolute atomic E-state index is 11.6. The number of rotatable bonds is 7. The molecule has 0 bridgehead atoms. The normalized spacial score (nSPS) is 18.3. The zero-order chi connectivity index (χ0) is 13.4. The number of hydrogen-bond donors (Lipinski definition) is 2. The number of nitrogens with one attached hydrogen (secondary N) is 1. The second-order valence-electron chi connectivity index (χ2n) is 5.36. The third-order valence-corrected chi connectivity index (χ3v) is 3.73. The Hall–Kier alpha value is -0.900. The molecule has 1 aliphatic rings. The van der Waals surface area contributed by atoms with E-state index in [1.165, 1.54) is 32.1 Å². The van der Waals surface area contributed by atoms with Crippen molar-refractivity contribution in [2.24, 2.45) is 11.7 Å². The van der Waals surface area contributed by atoms with Crippen LogP contribution in [0.25, 0.3) is 0 Å². The molecule has 0 heterocycles. The van der Waals surface area contributed by atoms with E-state index in [9.17, 15) is 9.59 Å². The predicted molar refractivity (Wildman–Crippen MR) is 72.1 cm³/mol. The van der Waals surface area contributed by atoms with E-state index < -0.39 is 0 Å². The SMILES string of the molecule is CC(=O)[C@H](CC1CCCCC1)NC(=O)CCCN. The summed E-state index contributed by atoms with van der Waals surface area (Å²) < 4.78 is 0. The second-order valence-corrected chi connectivity index (χ2v) is 5.36. The summed E-state index contributed by atoms with van der Waals surface area (Å²) in [6.07, 6.45) is 8.14. The standard InChI is InChI=1S/C14H26N2O2/c1-11(17)13(16-14(18)8-5-9-15)10-12-6-3-2-4-7-12/h12-13H,2-10,15H2,1H3,(H,16,18)/t13-/m0/s1. The number of carbonyl (C=O) groups excluding carboxylic acids is 2.